The number of carbonyl (C=O) groups is 3. The number of benzene rings is 3. The van der Waals surface area contributed by atoms with Gasteiger partial charge in [-0.3, -0.25) is 19.7 Å². The molecule has 8 heteroatoms. The van der Waals surface area contributed by atoms with Gasteiger partial charge in [0.2, 0.25) is 0 Å². The van der Waals surface area contributed by atoms with Gasteiger partial charge in [0.1, 0.15) is 5.75 Å². The molecule has 4 rings (SSSR count). The van der Waals surface area contributed by atoms with E-state index in [1.165, 1.54) is 0 Å². The SMILES string of the molecule is O=C(COc1ccc(/C=C2/SC(=O)NC2=O)c2ccccc12)NCc1ccc(Cl)cc1. The number of nitrogens with one attached hydrogen (secondary N) is 2. The van der Waals surface area contributed by atoms with Gasteiger partial charge in [-0.25, -0.2) is 0 Å². The van der Waals surface area contributed by atoms with Gasteiger partial charge in [-0.2, -0.15) is 0 Å². The number of thioether (sulfide) groups is 1. The number of imide groups is 1. The summed E-state index contributed by atoms with van der Waals surface area (Å²) in [4.78, 5) is 35.8. The second-order valence-corrected chi connectivity index (χ2v) is 8.19. The molecule has 2 N–H and O–H groups in total. The minimum Gasteiger partial charge on any atom is -0.483 e. The van der Waals surface area contributed by atoms with Gasteiger partial charge in [0.25, 0.3) is 17.1 Å². The molecule has 0 bridgehead atoms. The summed E-state index contributed by atoms with van der Waals surface area (Å²) in [5.41, 5.74) is 1.72. The molecule has 0 aliphatic carbocycles. The quantitative estimate of drug-likeness (QED) is 0.537. The maximum atomic E-state index is 12.2. The highest BCUT2D eigenvalue weighted by atomic mass is 35.5. The fourth-order valence-corrected chi connectivity index (χ4v) is 3.91. The molecule has 1 aliphatic heterocycles. The van der Waals surface area contributed by atoms with E-state index in [0.717, 1.165) is 33.7 Å². The minimum absolute atomic E-state index is 0.134. The van der Waals surface area contributed by atoms with Crippen molar-refractivity contribution in [2.45, 2.75) is 6.54 Å². The van der Waals surface area contributed by atoms with E-state index in [4.69, 9.17) is 16.3 Å². The molecule has 156 valence electrons. The maximum Gasteiger partial charge on any atom is 0.290 e. The molecular formula is C23H17ClN2O4S. The Kier molecular flexibility index (Phi) is 6.25. The summed E-state index contributed by atoms with van der Waals surface area (Å²) in [5.74, 6) is -0.0986. The van der Waals surface area contributed by atoms with E-state index in [2.05, 4.69) is 10.6 Å². The van der Waals surface area contributed by atoms with Crippen molar-refractivity contribution in [1.82, 2.24) is 10.6 Å². The van der Waals surface area contributed by atoms with Crippen LogP contribution in [0.2, 0.25) is 5.02 Å². The highest BCUT2D eigenvalue weighted by Crippen LogP contribution is 2.32. The molecule has 0 spiro atoms. The Balaban J connectivity index is 1.47. The third kappa shape index (κ3) is 5.07. The summed E-state index contributed by atoms with van der Waals surface area (Å²) < 4.78 is 5.76. The van der Waals surface area contributed by atoms with Gasteiger partial charge in [-0.05, 0) is 52.6 Å². The number of hydrogen-bond acceptors (Lipinski definition) is 5. The fourth-order valence-electron chi connectivity index (χ4n) is 3.11. The van der Waals surface area contributed by atoms with Crippen molar-refractivity contribution in [1.29, 1.82) is 0 Å². The van der Waals surface area contributed by atoms with Crippen LogP contribution in [0, 0.1) is 0 Å². The summed E-state index contributed by atoms with van der Waals surface area (Å²) in [5, 5.41) is 6.97. The van der Waals surface area contributed by atoms with Gasteiger partial charge >= 0.3 is 0 Å². The summed E-state index contributed by atoms with van der Waals surface area (Å²) in [6.07, 6.45) is 1.68. The third-order valence-corrected chi connectivity index (χ3v) is 5.67. The summed E-state index contributed by atoms with van der Waals surface area (Å²) in [7, 11) is 0. The van der Waals surface area contributed by atoms with Gasteiger partial charge < -0.3 is 10.1 Å². The number of hydrogen-bond donors (Lipinski definition) is 2. The van der Waals surface area contributed by atoms with Crippen LogP contribution in [-0.4, -0.2) is 23.7 Å². The van der Waals surface area contributed by atoms with Crippen LogP contribution in [0.5, 0.6) is 5.75 Å². The Morgan fingerprint density at radius 1 is 1.03 bits per heavy atom. The predicted molar refractivity (Wildman–Crippen MR) is 122 cm³/mol. The van der Waals surface area contributed by atoms with Crippen molar-refractivity contribution in [2.24, 2.45) is 0 Å². The molecule has 0 atom stereocenters. The molecule has 1 aliphatic rings. The van der Waals surface area contributed by atoms with E-state index in [-0.39, 0.29) is 17.8 Å². The van der Waals surface area contributed by atoms with Gasteiger partial charge in [0.05, 0.1) is 4.91 Å². The standard InChI is InChI=1S/C23H17ClN2O4S/c24-16-8-5-14(6-9-16)12-25-21(27)13-30-19-10-7-15(17-3-1-2-4-18(17)19)11-20-22(28)26-23(29)31-20/h1-11H,12-13H2,(H,25,27)(H,26,28,29)/b20-11+. The zero-order valence-corrected chi connectivity index (χ0v) is 17.8. The molecule has 1 saturated heterocycles. The minimum atomic E-state index is -0.406. The van der Waals surface area contributed by atoms with Crippen LogP contribution < -0.4 is 15.4 Å². The van der Waals surface area contributed by atoms with Crippen LogP contribution in [0.1, 0.15) is 11.1 Å². The van der Waals surface area contributed by atoms with Crippen LogP contribution in [0.4, 0.5) is 4.79 Å². The topological polar surface area (TPSA) is 84.5 Å². The first-order valence-electron chi connectivity index (χ1n) is 9.40. The number of rotatable bonds is 6. The lowest BCUT2D eigenvalue weighted by molar-refractivity contribution is -0.123. The number of ether oxygens (including phenoxy) is 1. The third-order valence-electron chi connectivity index (χ3n) is 4.61. The van der Waals surface area contributed by atoms with Crippen molar-refractivity contribution >= 4 is 57.3 Å². The highest BCUT2D eigenvalue weighted by molar-refractivity contribution is 8.18. The Morgan fingerprint density at radius 2 is 1.77 bits per heavy atom. The highest BCUT2D eigenvalue weighted by Gasteiger charge is 2.25. The lowest BCUT2D eigenvalue weighted by Crippen LogP contribution is -2.28. The van der Waals surface area contributed by atoms with Crippen molar-refractivity contribution in [3.05, 3.63) is 81.7 Å². The van der Waals surface area contributed by atoms with Gasteiger partial charge in [-0.15, -0.1) is 0 Å². The Morgan fingerprint density at radius 3 is 2.48 bits per heavy atom. The predicted octanol–water partition coefficient (Wildman–Crippen LogP) is 4.51. The lowest BCUT2D eigenvalue weighted by Gasteiger charge is -2.12. The molecule has 6 nitrogen and oxygen atoms in total. The second-order valence-electron chi connectivity index (χ2n) is 6.74. The number of fused-ring (bicyclic) bond motifs is 1. The van der Waals surface area contributed by atoms with Crippen LogP contribution >= 0.6 is 23.4 Å². The van der Waals surface area contributed by atoms with E-state index >= 15 is 0 Å². The lowest BCUT2D eigenvalue weighted by atomic mass is 10.0. The van der Waals surface area contributed by atoms with Crippen LogP contribution in [-0.2, 0) is 16.1 Å². The fraction of sp³-hybridized carbons (Fsp3) is 0.0870. The van der Waals surface area contributed by atoms with Gasteiger partial charge in [-0.1, -0.05) is 54.1 Å². The number of carbonyl (C=O) groups excluding carboxylic acids is 3. The molecule has 1 heterocycles. The first kappa shape index (κ1) is 21.0. The van der Waals surface area contributed by atoms with Crippen LogP contribution in [0.15, 0.2) is 65.6 Å². The van der Waals surface area contributed by atoms with E-state index in [9.17, 15) is 14.4 Å². The summed E-state index contributed by atoms with van der Waals surface area (Å²) in [6, 6.07) is 18.3. The van der Waals surface area contributed by atoms with E-state index in [1.54, 1.807) is 30.3 Å². The largest absolute Gasteiger partial charge is 0.483 e. The molecule has 0 aromatic heterocycles. The second kappa shape index (κ2) is 9.24. The molecule has 3 aromatic carbocycles. The molecule has 3 aromatic rings. The zero-order valence-electron chi connectivity index (χ0n) is 16.2. The van der Waals surface area contributed by atoms with Crippen LogP contribution in [0.25, 0.3) is 16.8 Å². The Labute approximate surface area is 187 Å². The first-order valence-corrected chi connectivity index (χ1v) is 10.6. The van der Waals surface area contributed by atoms with Gasteiger partial charge in [0, 0.05) is 17.0 Å². The molecule has 0 unspecified atom stereocenters. The van der Waals surface area contributed by atoms with Crippen molar-refractivity contribution in [3.8, 4) is 5.75 Å². The average molecular weight is 453 g/mol. The molecule has 0 radical (unpaired) electrons. The molecule has 31 heavy (non-hydrogen) atoms. The summed E-state index contributed by atoms with van der Waals surface area (Å²) in [6.45, 7) is 0.246. The van der Waals surface area contributed by atoms with E-state index in [0.29, 0.717) is 22.2 Å². The average Bonchev–Trinajstić information content (AvgIpc) is 3.09. The molecule has 3 amide bonds. The summed E-state index contributed by atoms with van der Waals surface area (Å²) >= 11 is 6.73. The number of halogens is 1. The first-order chi connectivity index (χ1) is 15.0. The van der Waals surface area contributed by atoms with E-state index < -0.39 is 5.91 Å². The smallest absolute Gasteiger partial charge is 0.290 e. The van der Waals surface area contributed by atoms with Gasteiger partial charge in [0.15, 0.2) is 6.61 Å². The van der Waals surface area contributed by atoms with Crippen LogP contribution in [0.3, 0.4) is 0 Å². The normalized spacial score (nSPS) is 14.7. The molecule has 1 fully saturated rings. The Hall–Kier alpha value is -3.29. The maximum absolute atomic E-state index is 12.2. The monoisotopic (exact) mass is 452 g/mol. The van der Waals surface area contributed by atoms with Crippen molar-refractivity contribution in [3.63, 3.8) is 0 Å². The number of amides is 3. The Bertz CT molecular complexity index is 1210. The molecule has 0 saturated carbocycles. The molecular weight excluding hydrogens is 436 g/mol. The zero-order chi connectivity index (χ0) is 21.8. The van der Waals surface area contributed by atoms with E-state index in [1.807, 2.05) is 36.4 Å². The van der Waals surface area contributed by atoms with Crippen molar-refractivity contribution < 1.29 is 19.1 Å². The van der Waals surface area contributed by atoms with Crippen molar-refractivity contribution in [2.75, 3.05) is 6.61 Å².